The lowest BCUT2D eigenvalue weighted by Crippen LogP contribution is -2.28. The van der Waals surface area contributed by atoms with Crippen LogP contribution in [0.15, 0.2) is 35.2 Å². The summed E-state index contributed by atoms with van der Waals surface area (Å²) in [6, 6.07) is 9.64. The van der Waals surface area contributed by atoms with E-state index in [1.165, 1.54) is 25.0 Å². The second-order valence-corrected chi connectivity index (χ2v) is 9.36. The number of ether oxygens (including phenoxy) is 1. The topological polar surface area (TPSA) is 62.4 Å². The van der Waals surface area contributed by atoms with Crippen LogP contribution in [0.5, 0.6) is 5.75 Å². The van der Waals surface area contributed by atoms with E-state index in [1.807, 2.05) is 6.07 Å². The molecule has 5 nitrogen and oxygen atoms in total. The summed E-state index contributed by atoms with van der Waals surface area (Å²) in [5.41, 5.74) is 2.88. The number of H-pyrrole nitrogens is 1. The molecule has 1 aliphatic rings. The van der Waals surface area contributed by atoms with Gasteiger partial charge in [0.25, 0.3) is 0 Å². The Morgan fingerprint density at radius 3 is 2.61 bits per heavy atom. The minimum absolute atomic E-state index is 0. The molecule has 156 valence electrons. The predicted molar refractivity (Wildman–Crippen MR) is 116 cm³/mol. The molecule has 2 heterocycles. The van der Waals surface area contributed by atoms with Crippen LogP contribution in [0.4, 0.5) is 0 Å². The summed E-state index contributed by atoms with van der Waals surface area (Å²) in [4.78, 5) is 6.41. The molecule has 1 fully saturated rings. The van der Waals surface area contributed by atoms with E-state index in [-0.39, 0.29) is 18.2 Å². The zero-order valence-electron chi connectivity index (χ0n) is 16.9. The van der Waals surface area contributed by atoms with Crippen molar-refractivity contribution in [2.24, 2.45) is 0 Å². The molecule has 1 unspecified atom stereocenters. The number of hydrogen-bond donors (Lipinski definition) is 1. The van der Waals surface area contributed by atoms with Crippen LogP contribution < -0.4 is 4.74 Å². The number of rotatable bonds is 6. The highest BCUT2D eigenvalue weighted by Gasteiger charge is 2.23. The molecule has 1 atom stereocenters. The van der Waals surface area contributed by atoms with Crippen molar-refractivity contribution in [3.05, 3.63) is 36.0 Å². The summed E-state index contributed by atoms with van der Waals surface area (Å²) >= 11 is 0. The Bertz CT molecular complexity index is 880. The zero-order valence-corrected chi connectivity index (χ0v) is 18.5. The van der Waals surface area contributed by atoms with Gasteiger partial charge in [-0.3, -0.25) is 4.90 Å². The molecule has 1 aromatic carbocycles. The number of aromatic nitrogens is 1. The molecule has 0 saturated carbocycles. The second-order valence-electron chi connectivity index (χ2n) is 7.09. The number of benzene rings is 1. The van der Waals surface area contributed by atoms with Crippen molar-refractivity contribution >= 4 is 22.2 Å². The predicted octanol–water partition coefficient (Wildman–Crippen LogP) is 4.84. The van der Waals surface area contributed by atoms with Gasteiger partial charge in [0.2, 0.25) is 0 Å². The average molecular weight is 427 g/mol. The largest absolute Gasteiger partial charge is 0.496 e. The van der Waals surface area contributed by atoms with Crippen LogP contribution >= 0.6 is 12.4 Å². The Hall–Kier alpha value is -1.50. The summed E-state index contributed by atoms with van der Waals surface area (Å²) in [6.07, 6.45) is 4.92. The Balaban J connectivity index is 0.00000280. The van der Waals surface area contributed by atoms with Gasteiger partial charge in [0.15, 0.2) is 9.84 Å². The normalized spacial score (nSPS) is 18.3. The third kappa shape index (κ3) is 4.73. The molecule has 1 saturated heterocycles. The van der Waals surface area contributed by atoms with Crippen molar-refractivity contribution in [2.45, 2.75) is 50.5 Å². The maximum absolute atomic E-state index is 12.3. The first kappa shape index (κ1) is 22.8. The van der Waals surface area contributed by atoms with Crippen molar-refractivity contribution in [1.29, 1.82) is 0 Å². The molecule has 1 N–H and O–H groups in total. The molecular weight excluding hydrogens is 396 g/mol. The highest BCUT2D eigenvalue weighted by Crippen LogP contribution is 2.35. The quantitative estimate of drug-likeness (QED) is 0.717. The summed E-state index contributed by atoms with van der Waals surface area (Å²) in [5.74, 6) is 0.758. The molecule has 0 amide bonds. The summed E-state index contributed by atoms with van der Waals surface area (Å²) in [7, 11) is -1.65. The molecule has 1 aliphatic heterocycles. The average Bonchev–Trinajstić information content (AvgIpc) is 3.05. The van der Waals surface area contributed by atoms with Gasteiger partial charge in [-0.25, -0.2) is 8.42 Å². The number of halogens is 1. The number of nitrogens with zero attached hydrogens (tertiary/aromatic N) is 1. The molecule has 3 rings (SSSR count). The lowest BCUT2D eigenvalue weighted by atomic mass is 10.1. The highest BCUT2D eigenvalue weighted by molar-refractivity contribution is 7.91. The van der Waals surface area contributed by atoms with Gasteiger partial charge in [0.1, 0.15) is 5.75 Å². The Kier molecular flexibility index (Phi) is 7.98. The zero-order chi connectivity index (χ0) is 19.4. The number of aromatic amines is 1. The number of methoxy groups -OCH3 is 1. The van der Waals surface area contributed by atoms with Crippen LogP contribution in [0.1, 0.15) is 51.3 Å². The molecule has 0 radical (unpaired) electrons. The number of likely N-dealkylation sites (tertiary alicyclic amines) is 1. The van der Waals surface area contributed by atoms with Gasteiger partial charge in [0.05, 0.1) is 17.8 Å². The molecule has 28 heavy (non-hydrogen) atoms. The third-order valence-corrected chi connectivity index (χ3v) is 7.27. The molecule has 0 bridgehead atoms. The fourth-order valence-corrected chi connectivity index (χ4v) is 4.83. The summed E-state index contributed by atoms with van der Waals surface area (Å²) in [6.45, 7) is 6.04. The van der Waals surface area contributed by atoms with Crippen molar-refractivity contribution < 1.29 is 13.2 Å². The van der Waals surface area contributed by atoms with Gasteiger partial charge in [0, 0.05) is 23.0 Å². The van der Waals surface area contributed by atoms with Crippen LogP contribution in [0.3, 0.4) is 0 Å². The van der Waals surface area contributed by atoms with Gasteiger partial charge in [-0.2, -0.15) is 0 Å². The first-order chi connectivity index (χ1) is 13.0. The van der Waals surface area contributed by atoms with E-state index < -0.39 is 9.84 Å². The van der Waals surface area contributed by atoms with E-state index in [0.717, 1.165) is 30.8 Å². The SMILES string of the molecule is CCN1CCCCCC1c1ccc(-c2cc(S(=O)(=O)CC)ccc2OC)[nH]1.Cl. The van der Waals surface area contributed by atoms with E-state index in [0.29, 0.717) is 16.7 Å². The van der Waals surface area contributed by atoms with Gasteiger partial charge < -0.3 is 9.72 Å². The Morgan fingerprint density at radius 2 is 1.93 bits per heavy atom. The van der Waals surface area contributed by atoms with Crippen LogP contribution in [0.2, 0.25) is 0 Å². The molecule has 0 spiro atoms. The highest BCUT2D eigenvalue weighted by atomic mass is 35.5. The van der Waals surface area contributed by atoms with Gasteiger partial charge in [-0.15, -0.1) is 12.4 Å². The lowest BCUT2D eigenvalue weighted by Gasteiger charge is -2.28. The minimum Gasteiger partial charge on any atom is -0.496 e. The van der Waals surface area contributed by atoms with E-state index in [9.17, 15) is 8.42 Å². The molecular formula is C21H31ClN2O3S. The summed E-state index contributed by atoms with van der Waals surface area (Å²) < 4.78 is 30.1. The van der Waals surface area contributed by atoms with Crippen molar-refractivity contribution in [2.75, 3.05) is 26.0 Å². The first-order valence-electron chi connectivity index (χ1n) is 9.84. The fraction of sp³-hybridized carbons (Fsp3) is 0.524. The standard InChI is InChI=1S/C21H30N2O3S.ClH/c1-4-23-14-8-6-7-9-20(23)19-12-11-18(22-19)17-15-16(27(24,25)5-2)10-13-21(17)26-3;/h10-13,15,20,22H,4-9,14H2,1-3H3;1H. The van der Waals surface area contributed by atoms with Crippen LogP contribution in [0, 0.1) is 0 Å². The molecule has 7 heteroatoms. The first-order valence-corrected chi connectivity index (χ1v) is 11.5. The van der Waals surface area contributed by atoms with Crippen LogP contribution in [-0.2, 0) is 9.84 Å². The third-order valence-electron chi connectivity index (χ3n) is 5.54. The maximum atomic E-state index is 12.3. The Morgan fingerprint density at radius 1 is 1.14 bits per heavy atom. The van der Waals surface area contributed by atoms with Crippen molar-refractivity contribution in [1.82, 2.24) is 9.88 Å². The van der Waals surface area contributed by atoms with Crippen molar-refractivity contribution in [3.8, 4) is 17.0 Å². The maximum Gasteiger partial charge on any atom is 0.178 e. The van der Waals surface area contributed by atoms with Gasteiger partial charge in [-0.1, -0.05) is 26.7 Å². The molecule has 1 aromatic heterocycles. The lowest BCUT2D eigenvalue weighted by molar-refractivity contribution is 0.209. The fourth-order valence-electron chi connectivity index (χ4n) is 3.92. The molecule has 2 aromatic rings. The second kappa shape index (κ2) is 9.81. The van der Waals surface area contributed by atoms with Crippen LogP contribution in [0.25, 0.3) is 11.3 Å². The smallest absolute Gasteiger partial charge is 0.178 e. The van der Waals surface area contributed by atoms with E-state index in [1.54, 1.807) is 32.2 Å². The number of sulfone groups is 1. The summed E-state index contributed by atoms with van der Waals surface area (Å²) in [5, 5.41) is 0. The minimum atomic E-state index is -3.26. The van der Waals surface area contributed by atoms with Gasteiger partial charge >= 0.3 is 0 Å². The monoisotopic (exact) mass is 426 g/mol. The van der Waals surface area contributed by atoms with E-state index in [2.05, 4.69) is 22.9 Å². The van der Waals surface area contributed by atoms with Crippen LogP contribution in [-0.4, -0.2) is 44.3 Å². The van der Waals surface area contributed by atoms with E-state index in [4.69, 9.17) is 4.74 Å². The Labute approximate surface area is 174 Å². The number of nitrogens with one attached hydrogen (secondary N) is 1. The van der Waals surface area contributed by atoms with Gasteiger partial charge in [-0.05, 0) is 56.3 Å². The van der Waals surface area contributed by atoms with Crippen molar-refractivity contribution in [3.63, 3.8) is 0 Å². The molecule has 0 aliphatic carbocycles. The number of hydrogen-bond acceptors (Lipinski definition) is 4. The van der Waals surface area contributed by atoms with E-state index >= 15 is 0 Å².